The molecule has 1 unspecified atom stereocenters. The molecule has 1 atom stereocenters. The van der Waals surface area contributed by atoms with E-state index in [0.717, 1.165) is 16.3 Å². The predicted octanol–water partition coefficient (Wildman–Crippen LogP) is 2.07. The van der Waals surface area contributed by atoms with Gasteiger partial charge in [-0.3, -0.25) is 4.68 Å². The number of rotatable bonds is 3. The van der Waals surface area contributed by atoms with Crippen molar-refractivity contribution in [3.63, 3.8) is 0 Å². The van der Waals surface area contributed by atoms with Gasteiger partial charge in [0, 0.05) is 24.0 Å². The first kappa shape index (κ1) is 10.4. The Kier molecular flexibility index (Phi) is 2.88. The molecule has 4 heteroatoms. The average molecular weight is 222 g/mol. The summed E-state index contributed by atoms with van der Waals surface area (Å²) in [6, 6.07) is 5.92. The zero-order valence-electron chi connectivity index (χ0n) is 8.84. The molecule has 15 heavy (non-hydrogen) atoms. The molecule has 0 saturated carbocycles. The summed E-state index contributed by atoms with van der Waals surface area (Å²) in [4.78, 5) is 1.01. The van der Waals surface area contributed by atoms with Crippen LogP contribution in [0, 0.1) is 6.92 Å². The molecule has 3 nitrogen and oxygen atoms in total. The van der Waals surface area contributed by atoms with Crippen molar-refractivity contribution < 1.29 is 5.11 Å². The van der Waals surface area contributed by atoms with Gasteiger partial charge >= 0.3 is 0 Å². The van der Waals surface area contributed by atoms with Gasteiger partial charge < -0.3 is 5.11 Å². The smallest absolute Gasteiger partial charge is 0.0937 e. The normalized spacial score (nSPS) is 13.0. The molecule has 0 aromatic carbocycles. The van der Waals surface area contributed by atoms with Gasteiger partial charge in [0.05, 0.1) is 11.8 Å². The maximum Gasteiger partial charge on any atom is 0.0937 e. The van der Waals surface area contributed by atoms with Crippen LogP contribution < -0.4 is 0 Å². The van der Waals surface area contributed by atoms with Crippen LogP contribution in [0.3, 0.4) is 0 Å². The van der Waals surface area contributed by atoms with Crippen LogP contribution in [0.4, 0.5) is 0 Å². The molecule has 0 aliphatic carbocycles. The molecule has 0 saturated heterocycles. The summed E-state index contributed by atoms with van der Waals surface area (Å²) in [5.41, 5.74) is 2.05. The average Bonchev–Trinajstić information content (AvgIpc) is 2.76. The van der Waals surface area contributed by atoms with Gasteiger partial charge in [-0.2, -0.15) is 5.10 Å². The van der Waals surface area contributed by atoms with Gasteiger partial charge in [0.2, 0.25) is 0 Å². The van der Waals surface area contributed by atoms with E-state index in [4.69, 9.17) is 0 Å². The molecule has 1 N–H and O–H groups in total. The van der Waals surface area contributed by atoms with Gasteiger partial charge in [0.15, 0.2) is 0 Å². The van der Waals surface area contributed by atoms with Gasteiger partial charge in [0.25, 0.3) is 0 Å². The van der Waals surface area contributed by atoms with Crippen LogP contribution in [0.1, 0.15) is 22.4 Å². The number of nitrogens with zero attached hydrogens (tertiary/aromatic N) is 2. The zero-order valence-corrected chi connectivity index (χ0v) is 9.66. The number of hydrogen-bond acceptors (Lipinski definition) is 3. The zero-order chi connectivity index (χ0) is 10.8. The second-order valence-electron chi connectivity index (χ2n) is 3.64. The molecule has 2 rings (SSSR count). The Morgan fingerprint density at radius 1 is 1.60 bits per heavy atom. The Balaban J connectivity index is 2.12. The third-order valence-corrected chi connectivity index (χ3v) is 3.35. The monoisotopic (exact) mass is 222 g/mol. The molecule has 80 valence electrons. The van der Waals surface area contributed by atoms with E-state index < -0.39 is 6.10 Å². The van der Waals surface area contributed by atoms with Crippen molar-refractivity contribution in [1.29, 1.82) is 0 Å². The van der Waals surface area contributed by atoms with Crippen LogP contribution in [0.2, 0.25) is 0 Å². The third kappa shape index (κ3) is 2.27. The molecule has 0 spiro atoms. The van der Waals surface area contributed by atoms with Crippen LogP contribution in [0.25, 0.3) is 0 Å². The van der Waals surface area contributed by atoms with Crippen LogP contribution in [-0.4, -0.2) is 14.9 Å². The van der Waals surface area contributed by atoms with E-state index in [9.17, 15) is 5.11 Å². The van der Waals surface area contributed by atoms with Gasteiger partial charge in [0.1, 0.15) is 0 Å². The van der Waals surface area contributed by atoms with E-state index in [-0.39, 0.29) is 0 Å². The Labute approximate surface area is 93.0 Å². The number of hydrogen-bond donors (Lipinski definition) is 1. The van der Waals surface area contributed by atoms with Crippen molar-refractivity contribution in [3.8, 4) is 0 Å². The van der Waals surface area contributed by atoms with E-state index >= 15 is 0 Å². The molecular formula is C11H14N2OS. The van der Waals surface area contributed by atoms with E-state index in [0.29, 0.717) is 6.42 Å². The molecule has 0 aliphatic heterocycles. The Morgan fingerprint density at radius 2 is 2.40 bits per heavy atom. The highest BCUT2D eigenvalue weighted by Crippen LogP contribution is 2.22. The summed E-state index contributed by atoms with van der Waals surface area (Å²) in [7, 11) is 1.91. The summed E-state index contributed by atoms with van der Waals surface area (Å²) in [6.45, 7) is 1.96. The number of thiophene rings is 1. The van der Waals surface area contributed by atoms with E-state index in [2.05, 4.69) is 5.10 Å². The first-order chi connectivity index (χ1) is 7.16. The summed E-state index contributed by atoms with van der Waals surface area (Å²) in [5, 5.41) is 16.2. The minimum atomic E-state index is -0.417. The third-order valence-electron chi connectivity index (χ3n) is 2.37. The van der Waals surface area contributed by atoms with Crippen LogP contribution >= 0.6 is 11.3 Å². The minimum Gasteiger partial charge on any atom is -0.387 e. The SMILES string of the molecule is Cc1cc(CC(O)c2cccs2)n(C)n1. The van der Waals surface area contributed by atoms with Crippen molar-refractivity contribution in [2.24, 2.45) is 7.05 Å². The lowest BCUT2D eigenvalue weighted by atomic mass is 10.1. The Hall–Kier alpha value is -1.13. The maximum atomic E-state index is 9.97. The van der Waals surface area contributed by atoms with Crippen molar-refractivity contribution in [3.05, 3.63) is 39.8 Å². The highest BCUT2D eigenvalue weighted by Gasteiger charge is 2.12. The predicted molar refractivity (Wildman–Crippen MR) is 60.9 cm³/mol. The largest absolute Gasteiger partial charge is 0.387 e. The molecule has 2 aromatic rings. The summed E-state index contributed by atoms with van der Waals surface area (Å²) < 4.78 is 1.83. The number of aliphatic hydroxyl groups is 1. The molecule has 0 aliphatic rings. The topological polar surface area (TPSA) is 38.0 Å². The lowest BCUT2D eigenvalue weighted by Gasteiger charge is -2.08. The Morgan fingerprint density at radius 3 is 2.93 bits per heavy atom. The summed E-state index contributed by atoms with van der Waals surface area (Å²) >= 11 is 1.58. The molecule has 0 amide bonds. The fourth-order valence-electron chi connectivity index (χ4n) is 1.63. The fraction of sp³-hybridized carbons (Fsp3) is 0.364. The fourth-order valence-corrected chi connectivity index (χ4v) is 2.35. The van der Waals surface area contributed by atoms with E-state index in [1.54, 1.807) is 11.3 Å². The van der Waals surface area contributed by atoms with Gasteiger partial charge in [-0.1, -0.05) is 6.07 Å². The number of aliphatic hydroxyl groups excluding tert-OH is 1. The van der Waals surface area contributed by atoms with Crippen LogP contribution in [-0.2, 0) is 13.5 Å². The van der Waals surface area contributed by atoms with E-state index in [1.807, 2.05) is 42.2 Å². The quantitative estimate of drug-likeness (QED) is 0.863. The van der Waals surface area contributed by atoms with E-state index in [1.165, 1.54) is 0 Å². The Bertz CT molecular complexity index is 433. The van der Waals surface area contributed by atoms with Crippen LogP contribution in [0.15, 0.2) is 23.6 Å². The second-order valence-corrected chi connectivity index (χ2v) is 4.62. The van der Waals surface area contributed by atoms with Crippen LogP contribution in [0.5, 0.6) is 0 Å². The second kappa shape index (κ2) is 4.16. The highest BCUT2D eigenvalue weighted by atomic mass is 32.1. The number of aryl methyl sites for hydroxylation is 2. The lowest BCUT2D eigenvalue weighted by Crippen LogP contribution is -2.05. The first-order valence-corrected chi connectivity index (χ1v) is 5.76. The standard InChI is InChI=1S/C11H14N2OS/c1-8-6-9(13(2)12-8)7-10(14)11-4-3-5-15-11/h3-6,10,14H,7H2,1-2H3. The van der Waals surface area contributed by atoms with Gasteiger partial charge in [-0.15, -0.1) is 11.3 Å². The molecule has 0 radical (unpaired) electrons. The summed E-state index contributed by atoms with van der Waals surface area (Å²) in [5.74, 6) is 0. The minimum absolute atomic E-state index is 0.417. The maximum absolute atomic E-state index is 9.97. The van der Waals surface area contributed by atoms with Crippen molar-refractivity contribution >= 4 is 11.3 Å². The van der Waals surface area contributed by atoms with Crippen molar-refractivity contribution in [2.45, 2.75) is 19.4 Å². The molecule has 2 aromatic heterocycles. The molecule has 0 fully saturated rings. The van der Waals surface area contributed by atoms with Crippen molar-refractivity contribution in [2.75, 3.05) is 0 Å². The molecular weight excluding hydrogens is 208 g/mol. The van der Waals surface area contributed by atoms with Gasteiger partial charge in [-0.25, -0.2) is 0 Å². The molecule has 2 heterocycles. The highest BCUT2D eigenvalue weighted by molar-refractivity contribution is 7.10. The first-order valence-electron chi connectivity index (χ1n) is 4.88. The van der Waals surface area contributed by atoms with Gasteiger partial charge in [-0.05, 0) is 24.4 Å². The van der Waals surface area contributed by atoms with Crippen molar-refractivity contribution in [1.82, 2.24) is 9.78 Å². The number of aromatic nitrogens is 2. The lowest BCUT2D eigenvalue weighted by molar-refractivity contribution is 0.179. The molecule has 0 bridgehead atoms. The summed E-state index contributed by atoms with van der Waals surface area (Å²) in [6.07, 6.45) is 0.206.